The zero-order valence-electron chi connectivity index (χ0n) is 6.50. The van der Waals surface area contributed by atoms with Gasteiger partial charge in [-0.05, 0) is 40.8 Å². The van der Waals surface area contributed by atoms with Crippen molar-refractivity contribution < 1.29 is 14.3 Å². The lowest BCUT2D eigenvalue weighted by Crippen LogP contribution is -1.89. The Morgan fingerprint density at radius 3 is 2.77 bits per heavy atom. The lowest BCUT2D eigenvalue weighted by molar-refractivity contribution is -0.131. The summed E-state index contributed by atoms with van der Waals surface area (Å²) in [7, 11) is 0. The summed E-state index contributed by atoms with van der Waals surface area (Å²) in [5, 5.41) is 8.34. The van der Waals surface area contributed by atoms with Crippen LogP contribution in [0.25, 0.3) is 6.08 Å². The minimum atomic E-state index is -1.08. The summed E-state index contributed by atoms with van der Waals surface area (Å²) in [5.74, 6) is -1.50. The quantitative estimate of drug-likeness (QED) is 0.672. The molecule has 1 rings (SSSR count). The van der Waals surface area contributed by atoms with E-state index in [4.69, 9.17) is 5.11 Å². The summed E-state index contributed by atoms with van der Waals surface area (Å²) in [4.78, 5) is 10.2. The lowest BCUT2D eigenvalue weighted by Gasteiger charge is -1.98. The first-order valence-electron chi connectivity index (χ1n) is 3.46. The van der Waals surface area contributed by atoms with Gasteiger partial charge in [0.25, 0.3) is 0 Å². The zero-order valence-corrected chi connectivity index (χ0v) is 8.66. The molecule has 0 saturated carbocycles. The van der Waals surface area contributed by atoms with Gasteiger partial charge in [0.15, 0.2) is 0 Å². The van der Waals surface area contributed by atoms with Crippen LogP contribution in [0, 0.1) is 9.39 Å². The van der Waals surface area contributed by atoms with Crippen LogP contribution in [0.2, 0.25) is 0 Å². The van der Waals surface area contributed by atoms with E-state index in [1.54, 1.807) is 12.1 Å². The fourth-order valence-corrected chi connectivity index (χ4v) is 1.47. The molecule has 4 heteroatoms. The molecule has 1 aromatic rings. The van der Waals surface area contributed by atoms with Crippen LogP contribution in [0.3, 0.4) is 0 Å². The molecule has 68 valence electrons. The smallest absolute Gasteiger partial charge is 0.328 e. The van der Waals surface area contributed by atoms with Crippen molar-refractivity contribution in [2.24, 2.45) is 0 Å². The predicted molar refractivity (Wildman–Crippen MR) is 55.8 cm³/mol. The summed E-state index contributed by atoms with van der Waals surface area (Å²) in [5.41, 5.74) is 0.311. The average Bonchev–Trinajstić information content (AvgIpc) is 2.03. The Morgan fingerprint density at radius 2 is 2.23 bits per heavy atom. The van der Waals surface area contributed by atoms with Gasteiger partial charge in [-0.25, -0.2) is 9.18 Å². The Balaban J connectivity index is 3.06. The third-order valence-corrected chi connectivity index (χ3v) is 2.33. The summed E-state index contributed by atoms with van der Waals surface area (Å²) in [6.45, 7) is 0. The van der Waals surface area contributed by atoms with Crippen molar-refractivity contribution in [2.45, 2.75) is 0 Å². The summed E-state index contributed by atoms with van der Waals surface area (Å²) in [6, 6.07) is 4.59. The van der Waals surface area contributed by atoms with E-state index in [1.165, 1.54) is 12.1 Å². The molecule has 1 N–H and O–H groups in total. The molecule has 0 aromatic heterocycles. The van der Waals surface area contributed by atoms with Crippen LogP contribution in [-0.4, -0.2) is 11.1 Å². The van der Waals surface area contributed by atoms with Crippen LogP contribution >= 0.6 is 22.6 Å². The normalized spacial score (nSPS) is 10.6. The molecule has 0 atom stereocenters. The van der Waals surface area contributed by atoms with Crippen LogP contribution in [0.5, 0.6) is 0 Å². The van der Waals surface area contributed by atoms with E-state index in [-0.39, 0.29) is 0 Å². The van der Waals surface area contributed by atoms with Gasteiger partial charge in [0.05, 0.1) is 0 Å². The molecule has 13 heavy (non-hydrogen) atoms. The van der Waals surface area contributed by atoms with Crippen molar-refractivity contribution in [1.29, 1.82) is 0 Å². The monoisotopic (exact) mass is 292 g/mol. The molecule has 0 unspecified atom stereocenters. The minimum Gasteiger partial charge on any atom is -0.478 e. The topological polar surface area (TPSA) is 37.3 Å². The molecular formula is C9H6FIO2. The van der Waals surface area contributed by atoms with Crippen molar-refractivity contribution in [3.63, 3.8) is 0 Å². The molecular weight excluding hydrogens is 286 g/mol. The number of carbonyl (C=O) groups is 1. The molecule has 0 spiro atoms. The Morgan fingerprint density at radius 1 is 1.54 bits per heavy atom. The number of hydrogen-bond acceptors (Lipinski definition) is 1. The molecule has 0 aliphatic rings. The molecule has 0 heterocycles. The second-order valence-electron chi connectivity index (χ2n) is 2.31. The maximum atomic E-state index is 13.1. The first kappa shape index (κ1) is 10.2. The number of carboxylic acid groups (broad SMARTS) is 1. The van der Waals surface area contributed by atoms with Crippen molar-refractivity contribution in [2.75, 3.05) is 0 Å². The molecule has 0 aliphatic carbocycles. The van der Waals surface area contributed by atoms with Gasteiger partial charge in [-0.3, -0.25) is 0 Å². The van der Waals surface area contributed by atoms with Gasteiger partial charge in [0.1, 0.15) is 5.82 Å². The molecule has 1 aromatic carbocycles. The molecule has 0 fully saturated rings. The second-order valence-corrected chi connectivity index (χ2v) is 3.47. The van der Waals surface area contributed by atoms with E-state index in [0.717, 1.165) is 6.08 Å². The van der Waals surface area contributed by atoms with Gasteiger partial charge >= 0.3 is 5.97 Å². The van der Waals surface area contributed by atoms with Gasteiger partial charge in [0.2, 0.25) is 0 Å². The van der Waals surface area contributed by atoms with E-state index in [0.29, 0.717) is 9.13 Å². The standard InChI is InChI=1S/C9H6FIO2/c10-7-2-1-3-8(11)6(7)4-5-9(12)13/h1-5H,(H,12,13). The van der Waals surface area contributed by atoms with Crippen molar-refractivity contribution in [3.8, 4) is 0 Å². The van der Waals surface area contributed by atoms with Crippen LogP contribution in [0.1, 0.15) is 5.56 Å². The van der Waals surface area contributed by atoms with E-state index in [2.05, 4.69) is 0 Å². The number of hydrogen-bond donors (Lipinski definition) is 1. The van der Waals surface area contributed by atoms with Crippen molar-refractivity contribution >= 4 is 34.6 Å². The fraction of sp³-hybridized carbons (Fsp3) is 0. The Hall–Kier alpha value is -0.910. The van der Waals surface area contributed by atoms with E-state index in [1.807, 2.05) is 22.6 Å². The van der Waals surface area contributed by atoms with E-state index >= 15 is 0 Å². The average molecular weight is 292 g/mol. The van der Waals surface area contributed by atoms with Gasteiger partial charge in [-0.1, -0.05) is 6.07 Å². The summed E-state index contributed by atoms with van der Waals surface area (Å²) >= 11 is 1.95. The first-order valence-corrected chi connectivity index (χ1v) is 4.54. The molecule has 0 radical (unpaired) electrons. The fourth-order valence-electron chi connectivity index (χ4n) is 0.825. The number of rotatable bonds is 2. The zero-order chi connectivity index (χ0) is 9.84. The highest BCUT2D eigenvalue weighted by atomic mass is 127. The van der Waals surface area contributed by atoms with E-state index < -0.39 is 11.8 Å². The highest BCUT2D eigenvalue weighted by Gasteiger charge is 2.02. The number of benzene rings is 1. The maximum Gasteiger partial charge on any atom is 0.328 e. The highest BCUT2D eigenvalue weighted by molar-refractivity contribution is 14.1. The van der Waals surface area contributed by atoms with E-state index in [9.17, 15) is 9.18 Å². The molecule has 0 bridgehead atoms. The minimum absolute atomic E-state index is 0.311. The SMILES string of the molecule is O=C(O)C=Cc1c(F)cccc1I. The van der Waals surface area contributed by atoms with Crippen LogP contribution in [0.4, 0.5) is 4.39 Å². The Kier molecular flexibility index (Phi) is 3.41. The molecule has 0 saturated heterocycles. The van der Waals surface area contributed by atoms with Gasteiger partial charge in [0, 0.05) is 15.2 Å². The van der Waals surface area contributed by atoms with Crippen LogP contribution in [-0.2, 0) is 4.79 Å². The largest absolute Gasteiger partial charge is 0.478 e. The molecule has 0 aliphatic heterocycles. The van der Waals surface area contributed by atoms with Crippen LogP contribution < -0.4 is 0 Å². The Labute approximate surface area is 88.2 Å². The highest BCUT2D eigenvalue weighted by Crippen LogP contribution is 2.16. The van der Waals surface area contributed by atoms with Crippen LogP contribution in [0.15, 0.2) is 24.3 Å². The van der Waals surface area contributed by atoms with Crippen molar-refractivity contribution in [1.82, 2.24) is 0 Å². The second kappa shape index (κ2) is 4.36. The third kappa shape index (κ3) is 2.80. The lowest BCUT2D eigenvalue weighted by atomic mass is 10.2. The number of carboxylic acids is 1. The first-order chi connectivity index (χ1) is 6.11. The van der Waals surface area contributed by atoms with Gasteiger partial charge in [-0.2, -0.15) is 0 Å². The maximum absolute atomic E-state index is 13.1. The third-order valence-electron chi connectivity index (χ3n) is 1.39. The Bertz CT molecular complexity index is 340. The van der Waals surface area contributed by atoms with Gasteiger partial charge < -0.3 is 5.11 Å². The number of halogens is 2. The summed E-state index contributed by atoms with van der Waals surface area (Å²) in [6.07, 6.45) is 2.17. The van der Waals surface area contributed by atoms with Gasteiger partial charge in [-0.15, -0.1) is 0 Å². The molecule has 2 nitrogen and oxygen atoms in total. The predicted octanol–water partition coefficient (Wildman–Crippen LogP) is 2.53. The summed E-state index contributed by atoms with van der Waals surface area (Å²) < 4.78 is 13.7. The van der Waals surface area contributed by atoms with Crippen molar-refractivity contribution in [3.05, 3.63) is 39.2 Å². The molecule has 0 amide bonds. The number of aliphatic carboxylic acids is 1.